The summed E-state index contributed by atoms with van der Waals surface area (Å²) in [5.74, 6) is 0.533. The minimum atomic E-state index is -1.23. The van der Waals surface area contributed by atoms with Crippen LogP contribution in [-0.4, -0.2) is 40.1 Å². The number of aliphatic hydroxyl groups is 1. The second-order valence-corrected chi connectivity index (χ2v) is 5.90. The van der Waals surface area contributed by atoms with Gasteiger partial charge in [0.05, 0.1) is 12.0 Å². The van der Waals surface area contributed by atoms with Crippen molar-refractivity contribution in [3.05, 3.63) is 54.2 Å². The van der Waals surface area contributed by atoms with Gasteiger partial charge in [0, 0.05) is 12.1 Å². The van der Waals surface area contributed by atoms with Crippen LogP contribution in [-0.2, 0) is 5.60 Å². The van der Waals surface area contributed by atoms with Gasteiger partial charge >= 0.3 is 7.05 Å². The zero-order valence-corrected chi connectivity index (χ0v) is 12.7. The van der Waals surface area contributed by atoms with Crippen LogP contribution in [0.1, 0.15) is 24.3 Å². The molecule has 0 saturated carbocycles. The molecule has 1 atom stereocenters. The average Bonchev–Trinajstić information content (AvgIpc) is 3.10. The van der Waals surface area contributed by atoms with Crippen molar-refractivity contribution in [2.75, 3.05) is 13.1 Å². The molecular weight excluding hydrogens is 279 g/mol. The lowest BCUT2D eigenvalue weighted by molar-refractivity contribution is -0.0272. The van der Waals surface area contributed by atoms with E-state index in [-0.39, 0.29) is 5.92 Å². The zero-order chi connectivity index (χ0) is 15.6. The molecule has 1 unspecified atom stereocenters. The van der Waals surface area contributed by atoms with Crippen molar-refractivity contribution in [2.24, 2.45) is 5.92 Å². The van der Waals surface area contributed by atoms with Crippen LogP contribution in [0.25, 0.3) is 0 Å². The molecule has 1 saturated heterocycles. The summed E-state index contributed by atoms with van der Waals surface area (Å²) in [6, 6.07) is 9.14. The van der Waals surface area contributed by atoms with Gasteiger partial charge in [-0.15, -0.1) is 0 Å². The Bertz CT molecular complexity index is 583. The third kappa shape index (κ3) is 2.69. The minimum Gasteiger partial charge on any atom is -0.466 e. The van der Waals surface area contributed by atoms with Gasteiger partial charge in [-0.3, -0.25) is 4.98 Å². The van der Waals surface area contributed by atoms with Crippen molar-refractivity contribution in [1.29, 1.82) is 0 Å². The fourth-order valence-electron chi connectivity index (χ4n) is 3.31. The molecule has 3 rings (SSSR count). The van der Waals surface area contributed by atoms with Crippen LogP contribution >= 0.6 is 0 Å². The van der Waals surface area contributed by atoms with Crippen molar-refractivity contribution in [2.45, 2.75) is 25.3 Å². The Labute approximate surface area is 130 Å². The molecule has 3 heterocycles. The van der Waals surface area contributed by atoms with Gasteiger partial charge in [0.25, 0.3) is 0 Å². The highest BCUT2D eigenvalue weighted by Crippen LogP contribution is 2.41. The molecule has 2 aromatic heterocycles. The van der Waals surface area contributed by atoms with Gasteiger partial charge in [0.1, 0.15) is 5.76 Å². The van der Waals surface area contributed by atoms with Crippen LogP contribution in [0.2, 0.25) is 6.82 Å². The van der Waals surface area contributed by atoms with Crippen molar-refractivity contribution >= 4 is 7.05 Å². The van der Waals surface area contributed by atoms with E-state index in [2.05, 4.69) is 4.98 Å². The average molecular weight is 300 g/mol. The highest BCUT2D eigenvalue weighted by atomic mass is 16.4. The third-order valence-corrected chi connectivity index (χ3v) is 4.60. The molecule has 0 spiro atoms. The van der Waals surface area contributed by atoms with E-state index in [4.69, 9.17) is 4.42 Å². The monoisotopic (exact) mass is 300 g/mol. The number of aromatic nitrogens is 1. The molecular formula is C16H21BN2O3. The first kappa shape index (κ1) is 15.3. The Morgan fingerprint density at radius 1 is 1.27 bits per heavy atom. The van der Waals surface area contributed by atoms with Crippen molar-refractivity contribution in [3.8, 4) is 0 Å². The first-order chi connectivity index (χ1) is 10.6. The maximum absolute atomic E-state index is 11.5. The van der Waals surface area contributed by atoms with Gasteiger partial charge in [-0.2, -0.15) is 0 Å². The van der Waals surface area contributed by atoms with E-state index < -0.39 is 12.7 Å². The summed E-state index contributed by atoms with van der Waals surface area (Å²) in [6.45, 7) is 3.27. The van der Waals surface area contributed by atoms with E-state index >= 15 is 0 Å². The van der Waals surface area contributed by atoms with E-state index in [0.29, 0.717) is 11.5 Å². The van der Waals surface area contributed by atoms with E-state index in [9.17, 15) is 10.1 Å². The van der Waals surface area contributed by atoms with Gasteiger partial charge in [0.2, 0.25) is 0 Å². The van der Waals surface area contributed by atoms with Crippen LogP contribution in [0.15, 0.2) is 47.2 Å². The van der Waals surface area contributed by atoms with Crippen LogP contribution in [0.4, 0.5) is 0 Å². The standard InChI is InChI=1S/C16H21BN2O3/c1-17(21)19-10-7-13(8-11-19)16(20,15-6-4-12-22-15)14-5-2-3-9-18-14/h2-6,9,12-13,20-21H,7-8,10-11H2,1H3. The van der Waals surface area contributed by atoms with Gasteiger partial charge < -0.3 is 19.4 Å². The summed E-state index contributed by atoms with van der Waals surface area (Å²) in [5, 5.41) is 21.2. The maximum atomic E-state index is 11.5. The van der Waals surface area contributed by atoms with E-state index in [0.717, 1.165) is 25.9 Å². The lowest BCUT2D eigenvalue weighted by Gasteiger charge is -2.40. The topological polar surface area (TPSA) is 69.7 Å². The number of furan rings is 1. The molecule has 0 amide bonds. The number of piperidine rings is 1. The molecule has 2 N–H and O–H groups in total. The fourth-order valence-corrected chi connectivity index (χ4v) is 3.31. The molecule has 0 radical (unpaired) electrons. The van der Waals surface area contributed by atoms with Crippen molar-refractivity contribution in [1.82, 2.24) is 9.79 Å². The first-order valence-electron chi connectivity index (χ1n) is 7.72. The summed E-state index contributed by atoms with van der Waals surface area (Å²) in [4.78, 5) is 6.37. The Morgan fingerprint density at radius 3 is 2.59 bits per heavy atom. The Morgan fingerprint density at radius 2 is 2.05 bits per heavy atom. The largest absolute Gasteiger partial charge is 0.466 e. The molecule has 6 heteroatoms. The predicted molar refractivity (Wildman–Crippen MR) is 84.1 cm³/mol. The molecule has 22 heavy (non-hydrogen) atoms. The van der Waals surface area contributed by atoms with Crippen LogP contribution in [0.5, 0.6) is 0 Å². The quantitative estimate of drug-likeness (QED) is 0.842. The molecule has 0 bridgehead atoms. The second kappa shape index (κ2) is 6.24. The smallest absolute Gasteiger partial charge is 0.376 e. The molecule has 0 aromatic carbocycles. The van der Waals surface area contributed by atoms with Crippen molar-refractivity contribution < 1.29 is 14.5 Å². The Hall–Kier alpha value is -1.63. The summed E-state index contributed by atoms with van der Waals surface area (Å²) in [5.41, 5.74) is -0.615. The summed E-state index contributed by atoms with van der Waals surface area (Å²) < 4.78 is 5.53. The minimum absolute atomic E-state index is 0.00329. The lowest BCUT2D eigenvalue weighted by Crippen LogP contribution is -2.48. The summed E-state index contributed by atoms with van der Waals surface area (Å²) >= 11 is 0. The van der Waals surface area contributed by atoms with Crippen LogP contribution < -0.4 is 0 Å². The number of rotatable bonds is 4. The molecule has 2 aromatic rings. The number of hydrogen-bond donors (Lipinski definition) is 2. The number of hydrogen-bond acceptors (Lipinski definition) is 5. The Balaban J connectivity index is 1.91. The summed E-state index contributed by atoms with van der Waals surface area (Å²) in [6.07, 6.45) is 4.82. The molecule has 0 aliphatic carbocycles. The van der Waals surface area contributed by atoms with E-state index in [1.165, 1.54) is 0 Å². The predicted octanol–water partition coefficient (Wildman–Crippen LogP) is 1.73. The third-order valence-electron chi connectivity index (χ3n) is 4.60. The lowest BCUT2D eigenvalue weighted by atomic mass is 9.73. The molecule has 116 valence electrons. The van der Waals surface area contributed by atoms with Gasteiger partial charge in [0.15, 0.2) is 5.60 Å². The normalized spacial score (nSPS) is 19.8. The van der Waals surface area contributed by atoms with E-state index in [1.54, 1.807) is 31.4 Å². The first-order valence-corrected chi connectivity index (χ1v) is 7.72. The molecule has 1 aliphatic rings. The zero-order valence-electron chi connectivity index (χ0n) is 12.7. The SMILES string of the molecule is CB(O)N1CCC(C(O)(c2ccccn2)c2ccco2)CC1. The van der Waals surface area contributed by atoms with E-state index in [1.807, 2.05) is 23.0 Å². The second-order valence-electron chi connectivity index (χ2n) is 5.90. The molecule has 1 aliphatic heterocycles. The molecule has 1 fully saturated rings. The van der Waals surface area contributed by atoms with Crippen LogP contribution in [0, 0.1) is 5.92 Å². The van der Waals surface area contributed by atoms with Gasteiger partial charge in [-0.25, -0.2) is 0 Å². The summed E-state index contributed by atoms with van der Waals surface area (Å²) in [7, 11) is -0.451. The fraction of sp³-hybridized carbons (Fsp3) is 0.438. The highest BCUT2D eigenvalue weighted by molar-refractivity contribution is 6.45. The van der Waals surface area contributed by atoms with Crippen LogP contribution in [0.3, 0.4) is 0 Å². The maximum Gasteiger partial charge on any atom is 0.376 e. The molecule has 5 nitrogen and oxygen atoms in total. The highest BCUT2D eigenvalue weighted by Gasteiger charge is 2.45. The van der Waals surface area contributed by atoms with Gasteiger partial charge in [-0.1, -0.05) is 6.07 Å². The Kier molecular flexibility index (Phi) is 4.33. The van der Waals surface area contributed by atoms with Gasteiger partial charge in [-0.05, 0) is 57.0 Å². The number of pyridine rings is 1. The van der Waals surface area contributed by atoms with Crippen molar-refractivity contribution in [3.63, 3.8) is 0 Å². The number of nitrogens with zero attached hydrogens (tertiary/aromatic N) is 2.